The minimum absolute atomic E-state index is 0.217. The molecule has 0 amide bonds. The van der Waals surface area contributed by atoms with Gasteiger partial charge in [0.15, 0.2) is 0 Å². The number of carboxylic acids is 1. The van der Waals surface area contributed by atoms with E-state index in [2.05, 4.69) is 13.8 Å². The molecule has 0 fully saturated rings. The van der Waals surface area contributed by atoms with Gasteiger partial charge >= 0.3 is 11.9 Å². The fourth-order valence-corrected chi connectivity index (χ4v) is 4.99. The first kappa shape index (κ1) is 35.9. The average molecular weight is 527 g/mol. The van der Waals surface area contributed by atoms with Crippen molar-refractivity contribution in [3.05, 3.63) is 0 Å². The van der Waals surface area contributed by atoms with Crippen LogP contribution in [0.5, 0.6) is 0 Å². The van der Waals surface area contributed by atoms with E-state index in [9.17, 15) is 19.8 Å². The fourth-order valence-electron chi connectivity index (χ4n) is 4.99. The maximum atomic E-state index is 12.0. The molecule has 0 aliphatic heterocycles. The summed E-state index contributed by atoms with van der Waals surface area (Å²) >= 11 is 0. The summed E-state index contributed by atoms with van der Waals surface area (Å²) in [7, 11) is 0. The molecule has 5 nitrogen and oxygen atoms in total. The molecular formula is C32H62O5. The van der Waals surface area contributed by atoms with Crippen molar-refractivity contribution in [2.75, 3.05) is 6.61 Å². The molecule has 2 unspecified atom stereocenters. The van der Waals surface area contributed by atoms with E-state index in [0.717, 1.165) is 38.5 Å². The molecule has 0 bridgehead atoms. The van der Waals surface area contributed by atoms with Gasteiger partial charge in [0.05, 0.1) is 5.92 Å². The van der Waals surface area contributed by atoms with Crippen molar-refractivity contribution in [2.45, 2.75) is 180 Å². The Kier molecular flexibility index (Phi) is 27.1. The van der Waals surface area contributed by atoms with Gasteiger partial charge in [-0.15, -0.1) is 0 Å². The second-order valence-corrected chi connectivity index (χ2v) is 11.2. The molecule has 0 spiro atoms. The van der Waals surface area contributed by atoms with Gasteiger partial charge in [-0.1, -0.05) is 155 Å². The van der Waals surface area contributed by atoms with Crippen LogP contribution in [0.3, 0.4) is 0 Å². The molecule has 0 aromatic heterocycles. The lowest BCUT2D eigenvalue weighted by Crippen LogP contribution is -2.32. The van der Waals surface area contributed by atoms with E-state index >= 15 is 0 Å². The van der Waals surface area contributed by atoms with E-state index in [4.69, 9.17) is 4.74 Å². The first-order chi connectivity index (χ1) is 18.0. The summed E-state index contributed by atoms with van der Waals surface area (Å²) in [4.78, 5) is 23.6. The summed E-state index contributed by atoms with van der Waals surface area (Å²) < 4.78 is 5.18. The van der Waals surface area contributed by atoms with Crippen LogP contribution in [0.2, 0.25) is 0 Å². The van der Waals surface area contributed by atoms with E-state index in [1.165, 1.54) is 109 Å². The van der Waals surface area contributed by atoms with Crippen LogP contribution in [0.4, 0.5) is 0 Å². The molecule has 0 rings (SSSR count). The standard InChI is InChI=1S/C32H62O5/c1-3-5-7-9-11-13-14-15-16-17-18-19-21-23-25-27-31(34)37-28-30(33)29(32(35)36)26-24-22-20-12-10-8-6-4-2/h29-30,33H,3-28H2,1-2H3,(H,35,36). The molecule has 2 N–H and O–H groups in total. The Morgan fingerprint density at radius 3 is 1.30 bits per heavy atom. The molecule has 0 aliphatic carbocycles. The van der Waals surface area contributed by atoms with Gasteiger partial charge in [-0.2, -0.15) is 0 Å². The van der Waals surface area contributed by atoms with Crippen molar-refractivity contribution >= 4 is 11.9 Å². The Labute approximate surface area is 229 Å². The number of hydrogen-bond acceptors (Lipinski definition) is 4. The molecule has 37 heavy (non-hydrogen) atoms. The number of rotatable bonds is 29. The third kappa shape index (κ3) is 25.0. The number of aliphatic hydroxyl groups is 1. The lowest BCUT2D eigenvalue weighted by Gasteiger charge is -2.19. The Balaban J connectivity index is 3.63. The van der Waals surface area contributed by atoms with E-state index in [0.29, 0.717) is 12.8 Å². The Morgan fingerprint density at radius 1 is 0.568 bits per heavy atom. The zero-order chi connectivity index (χ0) is 27.4. The van der Waals surface area contributed by atoms with Crippen LogP contribution < -0.4 is 0 Å². The van der Waals surface area contributed by atoms with Crippen LogP contribution >= 0.6 is 0 Å². The van der Waals surface area contributed by atoms with E-state index in [1.54, 1.807) is 0 Å². The van der Waals surface area contributed by atoms with Crippen LogP contribution in [-0.2, 0) is 14.3 Å². The zero-order valence-corrected chi connectivity index (χ0v) is 24.7. The molecule has 5 heteroatoms. The van der Waals surface area contributed by atoms with E-state index < -0.39 is 18.0 Å². The van der Waals surface area contributed by atoms with Crippen molar-refractivity contribution in [2.24, 2.45) is 5.92 Å². The number of hydrogen-bond donors (Lipinski definition) is 2. The number of ether oxygens (including phenoxy) is 1. The summed E-state index contributed by atoms with van der Waals surface area (Å²) in [5.41, 5.74) is 0. The smallest absolute Gasteiger partial charge is 0.309 e. The topological polar surface area (TPSA) is 83.8 Å². The highest BCUT2D eigenvalue weighted by Gasteiger charge is 2.27. The molecule has 0 aromatic carbocycles. The van der Waals surface area contributed by atoms with Gasteiger partial charge in [0, 0.05) is 6.42 Å². The minimum atomic E-state index is -1.13. The first-order valence-electron chi connectivity index (χ1n) is 16.1. The van der Waals surface area contributed by atoms with Crippen LogP contribution in [0.25, 0.3) is 0 Å². The zero-order valence-electron chi connectivity index (χ0n) is 24.7. The lowest BCUT2D eigenvalue weighted by atomic mass is 9.95. The fraction of sp³-hybridized carbons (Fsp3) is 0.938. The summed E-state index contributed by atoms with van der Waals surface area (Å²) in [6.45, 7) is 4.25. The molecule has 0 aliphatic rings. The van der Waals surface area contributed by atoms with Crippen molar-refractivity contribution in [1.29, 1.82) is 0 Å². The molecule has 2 atom stereocenters. The SMILES string of the molecule is CCCCCCCCCCCCCCCCCC(=O)OCC(O)C(CCCCCCCCCC)C(=O)O. The average Bonchev–Trinajstić information content (AvgIpc) is 2.88. The number of unbranched alkanes of at least 4 members (excludes halogenated alkanes) is 21. The van der Waals surface area contributed by atoms with Crippen molar-refractivity contribution in [3.63, 3.8) is 0 Å². The van der Waals surface area contributed by atoms with Gasteiger partial charge < -0.3 is 14.9 Å². The van der Waals surface area contributed by atoms with E-state index in [-0.39, 0.29) is 12.6 Å². The van der Waals surface area contributed by atoms with Crippen LogP contribution in [0.1, 0.15) is 174 Å². The van der Waals surface area contributed by atoms with Gasteiger partial charge in [0.2, 0.25) is 0 Å². The lowest BCUT2D eigenvalue weighted by molar-refractivity contribution is -0.155. The molecule has 0 aromatic rings. The maximum Gasteiger partial charge on any atom is 0.309 e. The van der Waals surface area contributed by atoms with Gasteiger partial charge in [-0.05, 0) is 12.8 Å². The van der Waals surface area contributed by atoms with Crippen molar-refractivity contribution < 1.29 is 24.5 Å². The number of esters is 1. The molecule has 0 saturated heterocycles. The van der Waals surface area contributed by atoms with Gasteiger partial charge in [-0.25, -0.2) is 0 Å². The van der Waals surface area contributed by atoms with Crippen molar-refractivity contribution in [1.82, 2.24) is 0 Å². The Hall–Kier alpha value is -1.10. The largest absolute Gasteiger partial charge is 0.481 e. The van der Waals surface area contributed by atoms with Gasteiger partial charge in [-0.3, -0.25) is 9.59 Å². The van der Waals surface area contributed by atoms with Gasteiger partial charge in [0.25, 0.3) is 0 Å². The highest BCUT2D eigenvalue weighted by molar-refractivity contribution is 5.71. The second kappa shape index (κ2) is 27.9. The number of aliphatic hydroxyl groups excluding tert-OH is 1. The summed E-state index contributed by atoms with van der Waals surface area (Å²) in [5, 5.41) is 19.7. The summed E-state index contributed by atoms with van der Waals surface area (Å²) in [5.74, 6) is -2.20. The monoisotopic (exact) mass is 526 g/mol. The molecule has 220 valence electrons. The normalized spacial score (nSPS) is 12.9. The second-order valence-electron chi connectivity index (χ2n) is 11.2. The molecule has 0 saturated carbocycles. The van der Waals surface area contributed by atoms with Crippen LogP contribution in [0.15, 0.2) is 0 Å². The predicted octanol–water partition coefficient (Wildman–Crippen LogP) is 9.38. The summed E-state index contributed by atoms with van der Waals surface area (Å²) in [6, 6.07) is 0. The maximum absolute atomic E-state index is 12.0. The predicted molar refractivity (Wildman–Crippen MR) is 155 cm³/mol. The summed E-state index contributed by atoms with van der Waals surface area (Å²) in [6.07, 6.45) is 28.0. The molecule has 0 heterocycles. The third-order valence-corrected chi connectivity index (χ3v) is 7.55. The highest BCUT2D eigenvalue weighted by atomic mass is 16.5. The minimum Gasteiger partial charge on any atom is -0.481 e. The first-order valence-corrected chi connectivity index (χ1v) is 16.1. The third-order valence-electron chi connectivity index (χ3n) is 7.55. The quantitative estimate of drug-likeness (QED) is 0.0749. The molecule has 0 radical (unpaired) electrons. The van der Waals surface area contributed by atoms with Crippen LogP contribution in [0, 0.1) is 5.92 Å². The number of aliphatic carboxylic acids is 1. The Bertz CT molecular complexity index is 507. The Morgan fingerprint density at radius 2 is 0.919 bits per heavy atom. The van der Waals surface area contributed by atoms with Crippen molar-refractivity contribution in [3.8, 4) is 0 Å². The van der Waals surface area contributed by atoms with Crippen LogP contribution in [-0.4, -0.2) is 34.9 Å². The number of carbonyl (C=O) groups is 2. The van der Waals surface area contributed by atoms with Gasteiger partial charge in [0.1, 0.15) is 12.7 Å². The highest BCUT2D eigenvalue weighted by Crippen LogP contribution is 2.18. The molecular weight excluding hydrogens is 464 g/mol. The number of carbonyl (C=O) groups excluding carboxylic acids is 1. The number of carboxylic acid groups (broad SMARTS) is 1. The van der Waals surface area contributed by atoms with E-state index in [1.807, 2.05) is 0 Å².